The van der Waals surface area contributed by atoms with Crippen LogP contribution in [0.25, 0.3) is 0 Å². The number of rotatable bonds is 5. The molecule has 6 nitrogen and oxygen atoms in total. The van der Waals surface area contributed by atoms with Gasteiger partial charge >= 0.3 is 0 Å². The maximum Gasteiger partial charge on any atom is 0.234 e. The summed E-state index contributed by atoms with van der Waals surface area (Å²) in [7, 11) is -3.11. The molecule has 1 atom stereocenters. The second-order valence-corrected chi connectivity index (χ2v) is 6.42. The molecule has 0 saturated carbocycles. The standard InChI is InChI=1S/C10H21N3O3S/c1-3-8-17(15,16)13-6-4-12(5-7-13)9(2)10(11)14/h9H,3-8H2,1-2H3,(H2,11,14). The number of piperazine rings is 1. The molecule has 1 aliphatic rings. The van der Waals surface area contributed by atoms with Crippen LogP contribution in [0.5, 0.6) is 0 Å². The van der Waals surface area contributed by atoms with Crippen molar-refractivity contribution in [2.75, 3.05) is 31.9 Å². The largest absolute Gasteiger partial charge is 0.368 e. The van der Waals surface area contributed by atoms with Crippen LogP contribution in [-0.4, -0.2) is 61.5 Å². The monoisotopic (exact) mass is 263 g/mol. The van der Waals surface area contributed by atoms with Gasteiger partial charge in [0.05, 0.1) is 11.8 Å². The van der Waals surface area contributed by atoms with E-state index in [2.05, 4.69) is 0 Å². The zero-order valence-electron chi connectivity index (χ0n) is 10.4. The van der Waals surface area contributed by atoms with Crippen LogP contribution < -0.4 is 5.73 Å². The fraction of sp³-hybridized carbons (Fsp3) is 0.900. The van der Waals surface area contributed by atoms with Crippen molar-refractivity contribution in [3.05, 3.63) is 0 Å². The summed E-state index contributed by atoms with van der Waals surface area (Å²) in [5, 5.41) is 0. The molecule has 0 aromatic carbocycles. The van der Waals surface area contributed by atoms with E-state index in [0.29, 0.717) is 32.6 Å². The minimum atomic E-state index is -3.11. The number of hydrogen-bond donors (Lipinski definition) is 1. The Hall–Kier alpha value is -0.660. The number of nitrogens with two attached hydrogens (primary N) is 1. The van der Waals surface area contributed by atoms with Crippen LogP contribution >= 0.6 is 0 Å². The lowest BCUT2D eigenvalue weighted by Crippen LogP contribution is -2.54. The quantitative estimate of drug-likeness (QED) is 0.705. The number of sulfonamides is 1. The molecule has 17 heavy (non-hydrogen) atoms. The molecule has 0 radical (unpaired) electrons. The van der Waals surface area contributed by atoms with Gasteiger partial charge in [0.25, 0.3) is 0 Å². The van der Waals surface area contributed by atoms with Gasteiger partial charge in [-0.2, -0.15) is 4.31 Å². The van der Waals surface area contributed by atoms with Gasteiger partial charge in [0.2, 0.25) is 15.9 Å². The van der Waals surface area contributed by atoms with Gasteiger partial charge in [-0.05, 0) is 13.3 Å². The zero-order chi connectivity index (χ0) is 13.1. The van der Waals surface area contributed by atoms with E-state index in [1.165, 1.54) is 4.31 Å². The summed E-state index contributed by atoms with van der Waals surface area (Å²) in [4.78, 5) is 12.9. The van der Waals surface area contributed by atoms with Crippen LogP contribution in [-0.2, 0) is 14.8 Å². The van der Waals surface area contributed by atoms with Crippen molar-refractivity contribution in [3.63, 3.8) is 0 Å². The summed E-state index contributed by atoms with van der Waals surface area (Å²) in [6.07, 6.45) is 0.625. The highest BCUT2D eigenvalue weighted by Gasteiger charge is 2.29. The molecular formula is C10H21N3O3S. The van der Waals surface area contributed by atoms with E-state index in [-0.39, 0.29) is 17.7 Å². The van der Waals surface area contributed by atoms with Crippen LogP contribution in [0.4, 0.5) is 0 Å². The molecule has 2 N–H and O–H groups in total. The summed E-state index contributed by atoms with van der Waals surface area (Å²) >= 11 is 0. The fourth-order valence-electron chi connectivity index (χ4n) is 1.94. The van der Waals surface area contributed by atoms with Crippen molar-refractivity contribution in [1.82, 2.24) is 9.21 Å². The van der Waals surface area contributed by atoms with E-state index in [1.54, 1.807) is 6.92 Å². The Morgan fingerprint density at radius 2 is 1.82 bits per heavy atom. The van der Waals surface area contributed by atoms with Gasteiger partial charge in [-0.25, -0.2) is 8.42 Å². The van der Waals surface area contributed by atoms with Gasteiger partial charge in [0.1, 0.15) is 0 Å². The zero-order valence-corrected chi connectivity index (χ0v) is 11.2. The Balaban J connectivity index is 2.54. The van der Waals surface area contributed by atoms with E-state index in [4.69, 9.17) is 5.73 Å². The third-order valence-electron chi connectivity index (χ3n) is 3.09. The SMILES string of the molecule is CCCS(=O)(=O)N1CCN(C(C)C(N)=O)CC1. The van der Waals surface area contributed by atoms with Crippen molar-refractivity contribution in [2.45, 2.75) is 26.3 Å². The molecule has 0 aromatic rings. The maximum absolute atomic E-state index is 11.8. The van der Waals surface area contributed by atoms with E-state index in [0.717, 1.165) is 0 Å². The second-order valence-electron chi connectivity index (χ2n) is 4.33. The molecule has 1 aliphatic heterocycles. The Bertz CT molecular complexity index is 361. The lowest BCUT2D eigenvalue weighted by Gasteiger charge is -2.36. The lowest BCUT2D eigenvalue weighted by molar-refractivity contribution is -0.123. The molecule has 1 rings (SSSR count). The smallest absolute Gasteiger partial charge is 0.234 e. The molecule has 0 spiro atoms. The van der Waals surface area contributed by atoms with Crippen LogP contribution in [0.1, 0.15) is 20.3 Å². The third-order valence-corrected chi connectivity index (χ3v) is 5.16. The first kappa shape index (κ1) is 14.4. The Labute approximate surface area is 103 Å². The molecule has 1 fully saturated rings. The molecular weight excluding hydrogens is 242 g/mol. The molecule has 0 aromatic heterocycles. The normalized spacial score (nSPS) is 21.3. The van der Waals surface area contributed by atoms with Crippen LogP contribution in [0.2, 0.25) is 0 Å². The van der Waals surface area contributed by atoms with Crippen LogP contribution in [0, 0.1) is 0 Å². The number of amides is 1. The van der Waals surface area contributed by atoms with E-state index in [1.807, 2.05) is 11.8 Å². The molecule has 0 bridgehead atoms. The molecule has 1 amide bonds. The van der Waals surface area contributed by atoms with Gasteiger partial charge in [-0.15, -0.1) is 0 Å². The third kappa shape index (κ3) is 3.65. The second kappa shape index (κ2) is 5.79. The number of nitrogens with zero attached hydrogens (tertiary/aromatic N) is 2. The Kier molecular flexibility index (Phi) is 4.91. The average Bonchev–Trinajstić information content (AvgIpc) is 2.28. The first-order valence-corrected chi connectivity index (χ1v) is 7.50. The number of carbonyl (C=O) groups excluding carboxylic acids is 1. The first-order valence-electron chi connectivity index (χ1n) is 5.89. The summed E-state index contributed by atoms with van der Waals surface area (Å²) in [5.41, 5.74) is 5.22. The number of carbonyl (C=O) groups is 1. The highest BCUT2D eigenvalue weighted by atomic mass is 32.2. The predicted molar refractivity (Wildman–Crippen MR) is 65.9 cm³/mol. The highest BCUT2D eigenvalue weighted by molar-refractivity contribution is 7.89. The highest BCUT2D eigenvalue weighted by Crippen LogP contribution is 2.11. The van der Waals surface area contributed by atoms with Gasteiger partial charge in [0.15, 0.2) is 0 Å². The fourth-order valence-corrected chi connectivity index (χ4v) is 3.43. The summed E-state index contributed by atoms with van der Waals surface area (Å²) in [6, 6.07) is -0.328. The van der Waals surface area contributed by atoms with Gasteiger partial charge in [-0.1, -0.05) is 6.92 Å². The summed E-state index contributed by atoms with van der Waals surface area (Å²) < 4.78 is 25.1. The van der Waals surface area contributed by atoms with Gasteiger partial charge < -0.3 is 5.73 Å². The topological polar surface area (TPSA) is 83.7 Å². The molecule has 0 aliphatic carbocycles. The van der Waals surface area contributed by atoms with E-state index >= 15 is 0 Å². The van der Waals surface area contributed by atoms with Gasteiger partial charge in [0, 0.05) is 26.2 Å². The molecule has 100 valence electrons. The maximum atomic E-state index is 11.8. The van der Waals surface area contributed by atoms with Gasteiger partial charge in [-0.3, -0.25) is 9.69 Å². The van der Waals surface area contributed by atoms with Crippen molar-refractivity contribution in [1.29, 1.82) is 0 Å². The summed E-state index contributed by atoms with van der Waals surface area (Å²) in [6.45, 7) is 5.61. The molecule has 7 heteroatoms. The van der Waals surface area contributed by atoms with E-state index < -0.39 is 10.0 Å². The predicted octanol–water partition coefficient (Wildman–Crippen LogP) is -0.782. The van der Waals surface area contributed by atoms with Crippen LogP contribution in [0.15, 0.2) is 0 Å². The Morgan fingerprint density at radius 1 is 1.29 bits per heavy atom. The van der Waals surface area contributed by atoms with Crippen molar-refractivity contribution in [3.8, 4) is 0 Å². The molecule has 1 heterocycles. The van der Waals surface area contributed by atoms with E-state index in [9.17, 15) is 13.2 Å². The van der Waals surface area contributed by atoms with Crippen molar-refractivity contribution < 1.29 is 13.2 Å². The minimum absolute atomic E-state index is 0.193. The minimum Gasteiger partial charge on any atom is -0.368 e. The number of hydrogen-bond acceptors (Lipinski definition) is 4. The first-order chi connectivity index (χ1) is 7.88. The van der Waals surface area contributed by atoms with Crippen LogP contribution in [0.3, 0.4) is 0 Å². The number of primary amides is 1. The van der Waals surface area contributed by atoms with Crippen molar-refractivity contribution >= 4 is 15.9 Å². The molecule has 1 unspecified atom stereocenters. The van der Waals surface area contributed by atoms with Crippen molar-refractivity contribution in [2.24, 2.45) is 5.73 Å². The lowest BCUT2D eigenvalue weighted by atomic mass is 10.2. The molecule has 1 saturated heterocycles. The summed E-state index contributed by atoms with van der Waals surface area (Å²) in [5.74, 6) is -0.173. The average molecular weight is 263 g/mol. The Morgan fingerprint density at radius 3 is 2.24 bits per heavy atom.